The van der Waals surface area contributed by atoms with E-state index in [-0.39, 0.29) is 10.6 Å². The zero-order valence-electron chi connectivity index (χ0n) is 9.36. The van der Waals surface area contributed by atoms with Crippen molar-refractivity contribution in [3.63, 3.8) is 0 Å². The number of halogens is 1. The molecule has 1 aromatic rings. The highest BCUT2D eigenvalue weighted by molar-refractivity contribution is 7.98. The fourth-order valence-electron chi connectivity index (χ4n) is 2.14. The van der Waals surface area contributed by atoms with E-state index < -0.39 is 11.4 Å². The van der Waals surface area contributed by atoms with Crippen LogP contribution in [0.25, 0.3) is 0 Å². The lowest BCUT2D eigenvalue weighted by atomic mass is 9.72. The number of phenolic OH excluding ortho intramolecular Hbond substituents is 1. The summed E-state index contributed by atoms with van der Waals surface area (Å²) in [5, 5.41) is 9.53. The van der Waals surface area contributed by atoms with Gasteiger partial charge in [0, 0.05) is 5.56 Å². The largest absolute Gasteiger partial charge is 0.507 e. The van der Waals surface area contributed by atoms with Gasteiger partial charge in [0.1, 0.15) is 17.1 Å². The molecule has 0 aromatic heterocycles. The smallest absolute Gasteiger partial charge is 0.235 e. The van der Waals surface area contributed by atoms with Crippen LogP contribution in [0.2, 0.25) is 0 Å². The molecule has 1 fully saturated rings. The third kappa shape index (κ3) is 1.85. The van der Waals surface area contributed by atoms with Crippen LogP contribution < -0.4 is 0 Å². The molecule has 0 heterocycles. The molecule has 1 aromatic carbocycles. The van der Waals surface area contributed by atoms with E-state index in [4.69, 9.17) is 0 Å². The summed E-state index contributed by atoms with van der Waals surface area (Å²) in [5.41, 5.74) is -0.376. The minimum atomic E-state index is -0.760. The number of hydrogen-bond donors (Lipinski definition) is 1. The molecule has 0 aliphatic heterocycles. The maximum atomic E-state index is 14.2. The van der Waals surface area contributed by atoms with E-state index in [0.29, 0.717) is 18.4 Å². The second-order valence-electron chi connectivity index (χ2n) is 4.07. The Morgan fingerprint density at radius 2 is 2.24 bits per heavy atom. The molecule has 0 unspecified atom stereocenters. The van der Waals surface area contributed by atoms with Gasteiger partial charge in [-0.15, -0.1) is 11.8 Å². The summed E-state index contributed by atoms with van der Waals surface area (Å²) in [6, 6.07) is 2.95. The molecule has 1 N–H and O–H groups in total. The first-order valence-corrected chi connectivity index (χ1v) is 6.52. The Kier molecular flexibility index (Phi) is 3.22. The van der Waals surface area contributed by atoms with Gasteiger partial charge in [-0.3, -0.25) is 0 Å². The van der Waals surface area contributed by atoms with Gasteiger partial charge in [0.2, 0.25) is 6.08 Å². The first-order valence-electron chi connectivity index (χ1n) is 5.29. The van der Waals surface area contributed by atoms with E-state index in [1.807, 2.05) is 0 Å². The van der Waals surface area contributed by atoms with E-state index >= 15 is 0 Å². The summed E-state index contributed by atoms with van der Waals surface area (Å²) in [6.07, 6.45) is 5.44. The van der Waals surface area contributed by atoms with Gasteiger partial charge in [-0.2, -0.15) is 4.99 Å². The Hall–Kier alpha value is -1.32. The first-order chi connectivity index (χ1) is 8.14. The molecule has 0 radical (unpaired) electrons. The summed E-state index contributed by atoms with van der Waals surface area (Å²) < 4.78 is 14.2. The topological polar surface area (TPSA) is 49.7 Å². The number of nitrogens with zero attached hydrogens (tertiary/aromatic N) is 1. The molecule has 5 heteroatoms. The van der Waals surface area contributed by atoms with Gasteiger partial charge in [-0.25, -0.2) is 9.18 Å². The molecule has 17 heavy (non-hydrogen) atoms. The maximum Gasteiger partial charge on any atom is 0.235 e. The zero-order valence-corrected chi connectivity index (χ0v) is 10.2. The number of aromatic hydroxyl groups is 1. The van der Waals surface area contributed by atoms with Crippen molar-refractivity contribution < 1.29 is 14.3 Å². The highest BCUT2D eigenvalue weighted by Gasteiger charge is 2.41. The van der Waals surface area contributed by atoms with Gasteiger partial charge in [0.15, 0.2) is 0 Å². The molecule has 1 saturated carbocycles. The van der Waals surface area contributed by atoms with Gasteiger partial charge in [-0.1, -0.05) is 0 Å². The Bertz CT molecular complexity index is 494. The van der Waals surface area contributed by atoms with Crippen LogP contribution in [0.15, 0.2) is 22.0 Å². The van der Waals surface area contributed by atoms with Gasteiger partial charge < -0.3 is 5.11 Å². The fraction of sp³-hybridized carbons (Fsp3) is 0.417. The van der Waals surface area contributed by atoms with Crippen LogP contribution in [-0.4, -0.2) is 17.4 Å². The number of aliphatic imine (C=N–C) groups is 1. The lowest BCUT2D eigenvalue weighted by molar-refractivity contribution is 0.245. The molecule has 0 amide bonds. The van der Waals surface area contributed by atoms with Crippen LogP contribution in [0, 0.1) is 5.82 Å². The number of benzene rings is 1. The molecule has 0 atom stereocenters. The molecule has 1 aliphatic rings. The molecular formula is C12H12FNO2S. The number of phenols is 1. The first kappa shape index (κ1) is 12.1. The third-order valence-corrected chi connectivity index (χ3v) is 4.02. The minimum Gasteiger partial charge on any atom is -0.507 e. The number of rotatable bonds is 3. The van der Waals surface area contributed by atoms with Crippen LogP contribution in [0.4, 0.5) is 4.39 Å². The van der Waals surface area contributed by atoms with Crippen molar-refractivity contribution in [2.75, 3.05) is 6.26 Å². The number of carbonyl (C=O) groups excluding carboxylic acids is 1. The Labute approximate surface area is 103 Å². The molecule has 3 nitrogen and oxygen atoms in total. The van der Waals surface area contributed by atoms with Crippen LogP contribution in [0.5, 0.6) is 5.75 Å². The van der Waals surface area contributed by atoms with Crippen molar-refractivity contribution in [3.05, 3.63) is 23.5 Å². The van der Waals surface area contributed by atoms with Gasteiger partial charge in [-0.05, 0) is 37.7 Å². The number of isocyanates is 1. The van der Waals surface area contributed by atoms with E-state index in [1.165, 1.54) is 18.2 Å². The second-order valence-corrected chi connectivity index (χ2v) is 4.88. The van der Waals surface area contributed by atoms with Gasteiger partial charge in [0.05, 0.1) is 4.90 Å². The summed E-state index contributed by atoms with van der Waals surface area (Å²) in [6.45, 7) is 0. The molecule has 90 valence electrons. The molecule has 0 spiro atoms. The van der Waals surface area contributed by atoms with Crippen LogP contribution in [0.3, 0.4) is 0 Å². The molecular weight excluding hydrogens is 241 g/mol. The average molecular weight is 253 g/mol. The second kappa shape index (κ2) is 4.51. The SMILES string of the molecule is CSc1c(O)ccc(C2(N=C=O)CCC2)c1F. The number of hydrogen-bond acceptors (Lipinski definition) is 4. The Morgan fingerprint density at radius 1 is 1.53 bits per heavy atom. The van der Waals surface area contributed by atoms with Crippen molar-refractivity contribution >= 4 is 17.8 Å². The third-order valence-electron chi connectivity index (χ3n) is 3.22. The minimum absolute atomic E-state index is 0.0803. The quantitative estimate of drug-likeness (QED) is 0.512. The van der Waals surface area contributed by atoms with Crippen molar-refractivity contribution in [1.29, 1.82) is 0 Å². The highest BCUT2D eigenvalue weighted by Crippen LogP contribution is 2.47. The van der Waals surface area contributed by atoms with Crippen molar-refractivity contribution in [2.24, 2.45) is 4.99 Å². The lowest BCUT2D eigenvalue weighted by Crippen LogP contribution is -2.33. The van der Waals surface area contributed by atoms with E-state index in [0.717, 1.165) is 18.2 Å². The number of thioether (sulfide) groups is 1. The molecule has 0 bridgehead atoms. The van der Waals surface area contributed by atoms with Gasteiger partial charge in [0.25, 0.3) is 0 Å². The lowest BCUT2D eigenvalue weighted by Gasteiger charge is -2.37. The molecule has 1 aliphatic carbocycles. The Balaban J connectivity index is 2.56. The average Bonchev–Trinajstić information content (AvgIpc) is 2.25. The van der Waals surface area contributed by atoms with Crippen molar-refractivity contribution in [3.8, 4) is 5.75 Å². The standard InChI is InChI=1S/C12H12FNO2S/c1-17-11-9(16)4-3-8(10(11)13)12(14-7-15)5-2-6-12/h3-4,16H,2,5-6H2,1H3. The Morgan fingerprint density at radius 3 is 2.71 bits per heavy atom. The summed E-state index contributed by atoms with van der Waals surface area (Å²) >= 11 is 1.14. The summed E-state index contributed by atoms with van der Waals surface area (Å²) in [4.78, 5) is 14.4. The van der Waals surface area contributed by atoms with Crippen LogP contribution in [-0.2, 0) is 10.3 Å². The zero-order chi connectivity index (χ0) is 12.5. The van der Waals surface area contributed by atoms with Crippen LogP contribution >= 0.6 is 11.8 Å². The van der Waals surface area contributed by atoms with Crippen molar-refractivity contribution in [1.82, 2.24) is 0 Å². The van der Waals surface area contributed by atoms with E-state index in [9.17, 15) is 14.3 Å². The highest BCUT2D eigenvalue weighted by atomic mass is 32.2. The maximum absolute atomic E-state index is 14.2. The molecule has 2 rings (SSSR count). The van der Waals surface area contributed by atoms with Crippen LogP contribution in [0.1, 0.15) is 24.8 Å². The predicted molar refractivity (Wildman–Crippen MR) is 63.5 cm³/mol. The van der Waals surface area contributed by atoms with Crippen molar-refractivity contribution in [2.45, 2.75) is 29.7 Å². The normalized spacial score (nSPS) is 17.1. The van der Waals surface area contributed by atoms with E-state index in [1.54, 1.807) is 6.26 Å². The van der Waals surface area contributed by atoms with Gasteiger partial charge >= 0.3 is 0 Å². The summed E-state index contributed by atoms with van der Waals surface area (Å²) in [5.74, 6) is -0.556. The fourth-order valence-corrected chi connectivity index (χ4v) is 2.71. The summed E-state index contributed by atoms with van der Waals surface area (Å²) in [7, 11) is 0. The van der Waals surface area contributed by atoms with E-state index in [2.05, 4.69) is 4.99 Å². The monoisotopic (exact) mass is 253 g/mol. The molecule has 0 saturated heterocycles. The predicted octanol–water partition coefficient (Wildman–Crippen LogP) is 2.97.